The summed E-state index contributed by atoms with van der Waals surface area (Å²) in [4.78, 5) is 1.64. The molecule has 1 atom stereocenters. The van der Waals surface area contributed by atoms with E-state index in [4.69, 9.17) is 21.1 Å². The molecule has 0 radical (unpaired) electrons. The number of nitrogens with zero attached hydrogens (tertiary/aromatic N) is 1. The fourth-order valence-electron chi connectivity index (χ4n) is 1.34. The quantitative estimate of drug-likeness (QED) is 0.633. The van der Waals surface area contributed by atoms with Crippen molar-refractivity contribution in [3.63, 3.8) is 0 Å². The van der Waals surface area contributed by atoms with E-state index in [9.17, 15) is 5.11 Å². The number of alkyl halides is 1. The van der Waals surface area contributed by atoms with Gasteiger partial charge in [0.2, 0.25) is 0 Å². The minimum Gasteiger partial charge on any atom is -0.497 e. The van der Waals surface area contributed by atoms with Gasteiger partial charge in [0.05, 0.1) is 25.8 Å². The molecular weight excluding hydrogens is 230 g/mol. The zero-order chi connectivity index (χ0) is 12.1. The van der Waals surface area contributed by atoms with Crippen LogP contribution in [0.1, 0.15) is 0 Å². The van der Waals surface area contributed by atoms with E-state index < -0.39 is 6.23 Å². The summed E-state index contributed by atoms with van der Waals surface area (Å²) < 4.78 is 10.3. The first-order chi connectivity index (χ1) is 7.63. The highest BCUT2D eigenvalue weighted by Crippen LogP contribution is 2.32. The van der Waals surface area contributed by atoms with Crippen molar-refractivity contribution in [3.8, 4) is 11.5 Å². The summed E-state index contributed by atoms with van der Waals surface area (Å²) in [5.41, 5.74) is 0.761. The third-order valence-corrected chi connectivity index (χ3v) is 2.63. The smallest absolute Gasteiger partial charge is 0.145 e. The van der Waals surface area contributed by atoms with Gasteiger partial charge in [-0.05, 0) is 12.1 Å². The Morgan fingerprint density at radius 3 is 2.56 bits per heavy atom. The number of ether oxygens (including phenoxy) is 2. The highest BCUT2D eigenvalue weighted by atomic mass is 35.5. The van der Waals surface area contributed by atoms with Crippen LogP contribution in [0.4, 0.5) is 5.69 Å². The molecule has 90 valence electrons. The van der Waals surface area contributed by atoms with Gasteiger partial charge in [-0.25, -0.2) is 0 Å². The average Bonchev–Trinajstić information content (AvgIpc) is 2.35. The molecule has 1 rings (SSSR count). The molecule has 0 fully saturated rings. The van der Waals surface area contributed by atoms with Crippen molar-refractivity contribution in [2.24, 2.45) is 0 Å². The van der Waals surface area contributed by atoms with Gasteiger partial charge < -0.3 is 19.5 Å². The highest BCUT2D eigenvalue weighted by Gasteiger charge is 2.15. The number of hydrogen-bond donors (Lipinski definition) is 1. The van der Waals surface area contributed by atoms with Crippen LogP contribution in [0.15, 0.2) is 18.2 Å². The molecule has 0 saturated carbocycles. The predicted molar refractivity (Wildman–Crippen MR) is 64.7 cm³/mol. The van der Waals surface area contributed by atoms with Crippen molar-refractivity contribution < 1.29 is 14.6 Å². The van der Waals surface area contributed by atoms with Gasteiger partial charge in [-0.1, -0.05) is 0 Å². The second-order valence-electron chi connectivity index (χ2n) is 3.28. The summed E-state index contributed by atoms with van der Waals surface area (Å²) in [6.07, 6.45) is -0.746. The Morgan fingerprint density at radius 1 is 1.38 bits per heavy atom. The lowest BCUT2D eigenvalue weighted by Gasteiger charge is -2.25. The highest BCUT2D eigenvalue weighted by molar-refractivity contribution is 6.18. The Hall–Kier alpha value is -1.13. The van der Waals surface area contributed by atoms with Gasteiger partial charge in [-0.2, -0.15) is 0 Å². The summed E-state index contributed by atoms with van der Waals surface area (Å²) in [7, 11) is 4.91. The number of methoxy groups -OCH3 is 2. The van der Waals surface area contributed by atoms with Crippen molar-refractivity contribution >= 4 is 17.3 Å². The first-order valence-corrected chi connectivity index (χ1v) is 5.36. The van der Waals surface area contributed by atoms with E-state index in [1.165, 1.54) is 0 Å². The standard InChI is InChI=1S/C11H16ClNO3/c1-13(11(14)7-12)9-5-4-8(15-2)6-10(9)16-3/h4-6,11,14H,7H2,1-3H3/t11-/m0/s1. The van der Waals surface area contributed by atoms with E-state index in [0.29, 0.717) is 11.5 Å². The molecule has 1 aromatic carbocycles. The molecule has 16 heavy (non-hydrogen) atoms. The van der Waals surface area contributed by atoms with Gasteiger partial charge in [-0.3, -0.25) is 0 Å². The number of anilines is 1. The number of rotatable bonds is 5. The van der Waals surface area contributed by atoms with E-state index in [1.54, 1.807) is 38.3 Å². The van der Waals surface area contributed by atoms with Crippen LogP contribution in [0.2, 0.25) is 0 Å². The molecule has 0 aromatic heterocycles. The van der Waals surface area contributed by atoms with E-state index in [1.807, 2.05) is 6.07 Å². The fourth-order valence-corrected chi connectivity index (χ4v) is 1.55. The normalized spacial score (nSPS) is 12.1. The van der Waals surface area contributed by atoms with Gasteiger partial charge in [-0.15, -0.1) is 11.6 Å². The SMILES string of the molecule is COc1ccc(N(C)[C@@H](O)CCl)c(OC)c1. The first kappa shape index (κ1) is 12.9. The summed E-state index contributed by atoms with van der Waals surface area (Å²) in [6.45, 7) is 0. The number of hydrogen-bond acceptors (Lipinski definition) is 4. The maximum absolute atomic E-state index is 9.63. The van der Waals surface area contributed by atoms with E-state index in [2.05, 4.69) is 0 Å². The van der Waals surface area contributed by atoms with E-state index in [-0.39, 0.29) is 5.88 Å². The molecule has 1 N–H and O–H groups in total. The molecule has 0 spiro atoms. The van der Waals surface area contributed by atoms with Gasteiger partial charge in [0.25, 0.3) is 0 Å². The van der Waals surface area contributed by atoms with Crippen LogP contribution in [0.3, 0.4) is 0 Å². The Labute approximate surface area is 100 Å². The first-order valence-electron chi connectivity index (χ1n) is 4.83. The molecule has 1 aromatic rings. The van der Waals surface area contributed by atoms with Crippen LogP contribution in [0, 0.1) is 0 Å². The maximum Gasteiger partial charge on any atom is 0.145 e. The summed E-state index contributed by atoms with van der Waals surface area (Å²) in [5, 5.41) is 9.63. The fraction of sp³-hybridized carbons (Fsp3) is 0.455. The molecule has 0 saturated heterocycles. The summed E-state index contributed by atoms with van der Waals surface area (Å²) >= 11 is 5.59. The number of aliphatic hydroxyl groups excluding tert-OH is 1. The topological polar surface area (TPSA) is 41.9 Å². The van der Waals surface area contributed by atoms with Crippen molar-refractivity contribution in [3.05, 3.63) is 18.2 Å². The molecule has 0 aliphatic heterocycles. The van der Waals surface area contributed by atoms with Gasteiger partial charge >= 0.3 is 0 Å². The molecule has 0 aliphatic rings. The van der Waals surface area contributed by atoms with Crippen molar-refractivity contribution in [1.29, 1.82) is 0 Å². The predicted octanol–water partition coefficient (Wildman–Crippen LogP) is 1.70. The van der Waals surface area contributed by atoms with Crippen molar-refractivity contribution in [1.82, 2.24) is 0 Å². The van der Waals surface area contributed by atoms with Crippen LogP contribution in [0.5, 0.6) is 11.5 Å². The molecule has 0 amide bonds. The molecule has 0 aliphatic carbocycles. The third kappa shape index (κ3) is 2.71. The molecule has 0 bridgehead atoms. The lowest BCUT2D eigenvalue weighted by Crippen LogP contribution is -2.32. The Morgan fingerprint density at radius 2 is 2.06 bits per heavy atom. The van der Waals surface area contributed by atoms with Crippen molar-refractivity contribution in [2.75, 3.05) is 32.0 Å². The van der Waals surface area contributed by atoms with Gasteiger partial charge in [0, 0.05) is 13.1 Å². The lowest BCUT2D eigenvalue weighted by atomic mass is 10.2. The second kappa shape index (κ2) is 5.82. The Kier molecular flexibility index (Phi) is 4.71. The van der Waals surface area contributed by atoms with Crippen molar-refractivity contribution in [2.45, 2.75) is 6.23 Å². The molecule has 0 heterocycles. The monoisotopic (exact) mass is 245 g/mol. The average molecular weight is 246 g/mol. The Bertz CT molecular complexity index is 346. The molecular formula is C11H16ClNO3. The number of benzene rings is 1. The van der Waals surface area contributed by atoms with E-state index in [0.717, 1.165) is 5.69 Å². The van der Waals surface area contributed by atoms with Gasteiger partial charge in [0.1, 0.15) is 17.7 Å². The zero-order valence-electron chi connectivity index (χ0n) is 9.61. The Balaban J connectivity index is 3.03. The van der Waals surface area contributed by atoms with Crippen LogP contribution in [-0.2, 0) is 0 Å². The van der Waals surface area contributed by atoms with Crippen LogP contribution in [0.25, 0.3) is 0 Å². The van der Waals surface area contributed by atoms with Crippen LogP contribution in [-0.4, -0.2) is 38.5 Å². The van der Waals surface area contributed by atoms with Crippen LogP contribution < -0.4 is 14.4 Å². The summed E-state index contributed by atoms with van der Waals surface area (Å²) in [5.74, 6) is 1.46. The largest absolute Gasteiger partial charge is 0.497 e. The lowest BCUT2D eigenvalue weighted by molar-refractivity contribution is 0.197. The van der Waals surface area contributed by atoms with E-state index >= 15 is 0 Å². The summed E-state index contributed by atoms with van der Waals surface area (Å²) in [6, 6.07) is 5.37. The minimum absolute atomic E-state index is 0.131. The second-order valence-corrected chi connectivity index (χ2v) is 3.59. The number of halogens is 1. The molecule has 5 heteroatoms. The number of aliphatic hydroxyl groups is 1. The van der Waals surface area contributed by atoms with Gasteiger partial charge in [0.15, 0.2) is 0 Å². The zero-order valence-corrected chi connectivity index (χ0v) is 10.4. The molecule has 0 unspecified atom stereocenters. The maximum atomic E-state index is 9.63. The third-order valence-electron chi connectivity index (χ3n) is 2.35. The van der Waals surface area contributed by atoms with Crippen LogP contribution >= 0.6 is 11.6 Å². The molecule has 4 nitrogen and oxygen atoms in total. The minimum atomic E-state index is -0.746.